The highest BCUT2D eigenvalue weighted by Crippen LogP contribution is 2.64. The number of ether oxygens (including phenoxy) is 1. The largest absolute Gasteiger partial charge is 0.444 e. The molecule has 154 valence electrons. The van der Waals surface area contributed by atoms with Crippen molar-refractivity contribution in [1.29, 1.82) is 0 Å². The quantitative estimate of drug-likeness (QED) is 0.769. The second kappa shape index (κ2) is 6.62. The van der Waals surface area contributed by atoms with Crippen molar-refractivity contribution < 1.29 is 9.53 Å². The van der Waals surface area contributed by atoms with E-state index in [-0.39, 0.29) is 6.09 Å². The Bertz CT molecular complexity index is 711. The fraction of sp³-hybridized carbons (Fsp3) is 0.792. The first-order valence-electron chi connectivity index (χ1n) is 11.5. The van der Waals surface area contributed by atoms with Crippen LogP contribution in [0, 0.1) is 23.2 Å². The van der Waals surface area contributed by atoms with Gasteiger partial charge < -0.3 is 15.0 Å². The van der Waals surface area contributed by atoms with Crippen LogP contribution in [-0.4, -0.2) is 42.3 Å². The highest BCUT2D eigenvalue weighted by Gasteiger charge is 2.59. The van der Waals surface area contributed by atoms with Gasteiger partial charge in [-0.1, -0.05) is 12.2 Å². The normalized spacial score (nSPS) is 37.0. The van der Waals surface area contributed by atoms with E-state index in [9.17, 15) is 4.79 Å². The molecule has 0 aromatic heterocycles. The molecule has 4 unspecified atom stereocenters. The summed E-state index contributed by atoms with van der Waals surface area (Å²) in [5.41, 5.74) is 3.49. The van der Waals surface area contributed by atoms with Crippen LogP contribution < -0.4 is 5.32 Å². The number of amides is 1. The summed E-state index contributed by atoms with van der Waals surface area (Å²) in [5, 5.41) is 3.93. The maximum absolute atomic E-state index is 12.2. The summed E-state index contributed by atoms with van der Waals surface area (Å²) in [6.07, 6.45) is 14.1. The minimum Gasteiger partial charge on any atom is -0.444 e. The van der Waals surface area contributed by atoms with Gasteiger partial charge in [0.05, 0.1) is 0 Å². The van der Waals surface area contributed by atoms with Gasteiger partial charge in [-0.15, -0.1) is 0 Å². The van der Waals surface area contributed by atoms with Crippen molar-refractivity contribution in [3.8, 4) is 0 Å². The van der Waals surface area contributed by atoms with Crippen LogP contribution in [0.25, 0.3) is 0 Å². The van der Waals surface area contributed by atoms with Crippen LogP contribution in [-0.2, 0) is 4.74 Å². The average molecular weight is 385 g/mol. The Balaban J connectivity index is 1.10. The van der Waals surface area contributed by atoms with Gasteiger partial charge in [0.15, 0.2) is 0 Å². The molecule has 4 heteroatoms. The number of fused-ring (bicyclic) bond motifs is 3. The number of hydrogen-bond acceptors (Lipinski definition) is 3. The van der Waals surface area contributed by atoms with Gasteiger partial charge in [-0.3, -0.25) is 0 Å². The molecule has 4 nitrogen and oxygen atoms in total. The molecule has 5 rings (SSSR count). The molecule has 0 bridgehead atoms. The molecule has 4 aliphatic carbocycles. The Hall–Kier alpha value is -1.29. The number of likely N-dealkylation sites (tertiary alicyclic amines) is 1. The van der Waals surface area contributed by atoms with Crippen molar-refractivity contribution in [2.24, 2.45) is 23.2 Å². The fourth-order valence-electron chi connectivity index (χ4n) is 5.82. The zero-order valence-electron chi connectivity index (χ0n) is 17.8. The summed E-state index contributed by atoms with van der Waals surface area (Å²) in [7, 11) is 0. The third-order valence-corrected chi connectivity index (χ3v) is 7.63. The van der Waals surface area contributed by atoms with Crippen molar-refractivity contribution in [3.05, 3.63) is 23.3 Å². The molecule has 1 heterocycles. The first kappa shape index (κ1) is 18.7. The van der Waals surface area contributed by atoms with Crippen LogP contribution in [0.3, 0.4) is 0 Å². The Labute approximate surface area is 169 Å². The van der Waals surface area contributed by atoms with Crippen molar-refractivity contribution in [2.75, 3.05) is 19.6 Å². The van der Waals surface area contributed by atoms with Crippen molar-refractivity contribution >= 4 is 6.09 Å². The van der Waals surface area contributed by atoms with E-state index in [1.807, 2.05) is 25.7 Å². The Kier molecular flexibility index (Phi) is 4.42. The molecule has 28 heavy (non-hydrogen) atoms. The number of piperidine rings is 1. The SMILES string of the molecule is CC(C)(C)OC(=O)N1CCC(CNC2CC23CCCC2=CC4CC4C=C23)CC1. The predicted molar refractivity (Wildman–Crippen MR) is 111 cm³/mol. The van der Waals surface area contributed by atoms with E-state index in [1.165, 1.54) is 32.1 Å². The lowest BCUT2D eigenvalue weighted by molar-refractivity contribution is 0.0184. The lowest BCUT2D eigenvalue weighted by Gasteiger charge is -2.34. The third kappa shape index (κ3) is 3.53. The number of allylic oxidation sites excluding steroid dienone is 3. The predicted octanol–water partition coefficient (Wildman–Crippen LogP) is 4.67. The van der Waals surface area contributed by atoms with Crippen LogP contribution in [0.1, 0.15) is 65.7 Å². The van der Waals surface area contributed by atoms with E-state index >= 15 is 0 Å². The molecular weight excluding hydrogens is 348 g/mol. The molecule has 3 saturated carbocycles. The third-order valence-electron chi connectivity index (χ3n) is 7.63. The van der Waals surface area contributed by atoms with Gasteiger partial charge >= 0.3 is 6.09 Å². The van der Waals surface area contributed by atoms with Crippen LogP contribution in [0.4, 0.5) is 4.79 Å². The molecule has 1 N–H and O–H groups in total. The zero-order valence-corrected chi connectivity index (χ0v) is 17.8. The highest BCUT2D eigenvalue weighted by atomic mass is 16.6. The maximum atomic E-state index is 12.2. The number of rotatable bonds is 3. The van der Waals surface area contributed by atoms with E-state index < -0.39 is 5.60 Å². The number of hydrogen-bond donors (Lipinski definition) is 1. The standard InChI is InChI=1S/C24H36N2O2/c1-23(2,3)28-22(27)26-9-6-16(7-10-26)15-25-21-14-24(21)8-4-5-17-11-18-12-19(18)13-20(17)24/h11,13,16,18-19,21,25H,4-10,12,14-15H2,1-3H3. The van der Waals surface area contributed by atoms with Crippen LogP contribution in [0.15, 0.2) is 23.3 Å². The maximum Gasteiger partial charge on any atom is 0.410 e. The van der Waals surface area contributed by atoms with Gasteiger partial charge in [0.1, 0.15) is 5.60 Å². The molecule has 4 atom stereocenters. The summed E-state index contributed by atoms with van der Waals surface area (Å²) >= 11 is 0. The molecular formula is C24H36N2O2. The summed E-state index contributed by atoms with van der Waals surface area (Å²) < 4.78 is 5.52. The van der Waals surface area contributed by atoms with Gasteiger partial charge in [0.25, 0.3) is 0 Å². The number of nitrogens with one attached hydrogen (secondary N) is 1. The smallest absolute Gasteiger partial charge is 0.410 e. The lowest BCUT2D eigenvalue weighted by Crippen LogP contribution is -2.43. The number of nitrogens with zero attached hydrogens (tertiary/aromatic N) is 1. The summed E-state index contributed by atoms with van der Waals surface area (Å²) in [5.74, 6) is 2.43. The average Bonchev–Trinajstić information content (AvgIpc) is 3.54. The van der Waals surface area contributed by atoms with E-state index in [0.29, 0.717) is 17.4 Å². The van der Waals surface area contributed by atoms with Crippen molar-refractivity contribution in [2.45, 2.75) is 77.4 Å². The minimum absolute atomic E-state index is 0.149. The fourth-order valence-corrected chi connectivity index (χ4v) is 5.82. The van der Waals surface area contributed by atoms with Crippen LogP contribution >= 0.6 is 0 Å². The van der Waals surface area contributed by atoms with Crippen molar-refractivity contribution in [1.82, 2.24) is 10.2 Å². The first-order valence-corrected chi connectivity index (χ1v) is 11.5. The molecule has 1 spiro atoms. The Morgan fingerprint density at radius 3 is 2.75 bits per heavy atom. The molecule has 1 aliphatic heterocycles. The molecule has 1 saturated heterocycles. The second-order valence-corrected chi connectivity index (χ2v) is 10.9. The lowest BCUT2D eigenvalue weighted by atomic mass is 9.75. The number of carbonyl (C=O) groups is 1. The summed E-state index contributed by atoms with van der Waals surface area (Å²) in [4.78, 5) is 14.1. The zero-order chi connectivity index (χ0) is 19.5. The van der Waals surface area contributed by atoms with Gasteiger partial charge in [-0.2, -0.15) is 0 Å². The molecule has 0 aromatic carbocycles. The minimum atomic E-state index is -0.405. The number of carbonyl (C=O) groups excluding carboxylic acids is 1. The summed E-state index contributed by atoms with van der Waals surface area (Å²) in [6, 6.07) is 0.682. The molecule has 1 amide bonds. The monoisotopic (exact) mass is 384 g/mol. The topological polar surface area (TPSA) is 41.6 Å². The Morgan fingerprint density at radius 1 is 1.25 bits per heavy atom. The van der Waals surface area contributed by atoms with Gasteiger partial charge in [-0.05, 0) is 101 Å². The van der Waals surface area contributed by atoms with Gasteiger partial charge in [0, 0.05) is 24.5 Å². The first-order chi connectivity index (χ1) is 13.3. The van der Waals surface area contributed by atoms with E-state index in [2.05, 4.69) is 17.5 Å². The molecule has 5 aliphatic rings. The van der Waals surface area contributed by atoms with Crippen LogP contribution in [0.2, 0.25) is 0 Å². The van der Waals surface area contributed by atoms with Gasteiger partial charge in [0.2, 0.25) is 0 Å². The van der Waals surface area contributed by atoms with E-state index in [4.69, 9.17) is 4.74 Å². The van der Waals surface area contributed by atoms with Gasteiger partial charge in [-0.25, -0.2) is 4.79 Å². The molecule has 0 aromatic rings. The van der Waals surface area contributed by atoms with Crippen molar-refractivity contribution in [3.63, 3.8) is 0 Å². The second-order valence-electron chi connectivity index (χ2n) is 10.9. The molecule has 4 fully saturated rings. The van der Waals surface area contributed by atoms with E-state index in [0.717, 1.165) is 44.3 Å². The summed E-state index contributed by atoms with van der Waals surface area (Å²) in [6.45, 7) is 8.57. The molecule has 0 radical (unpaired) electrons. The highest BCUT2D eigenvalue weighted by molar-refractivity contribution is 5.68. The Morgan fingerprint density at radius 2 is 2.00 bits per heavy atom. The van der Waals surface area contributed by atoms with Crippen LogP contribution in [0.5, 0.6) is 0 Å². The van der Waals surface area contributed by atoms with E-state index in [1.54, 1.807) is 11.1 Å².